The highest BCUT2D eigenvalue weighted by Crippen LogP contribution is 2.34. The highest BCUT2D eigenvalue weighted by Gasteiger charge is 2.25. The number of amides is 2. The SMILES string of the molecule is C.NC(N)=NC(=O)N1CCc2cccc(-c3c(F)cc(F)cc3F)c2C1. The van der Waals surface area contributed by atoms with E-state index in [9.17, 15) is 18.0 Å². The van der Waals surface area contributed by atoms with E-state index >= 15 is 0 Å². The second-order valence-corrected chi connectivity index (χ2v) is 5.68. The summed E-state index contributed by atoms with van der Waals surface area (Å²) in [6.45, 7) is 0.470. The molecule has 2 amide bonds. The first-order valence-corrected chi connectivity index (χ1v) is 7.51. The van der Waals surface area contributed by atoms with Crippen molar-refractivity contribution in [2.24, 2.45) is 16.5 Å². The van der Waals surface area contributed by atoms with E-state index in [1.165, 1.54) is 11.0 Å². The molecule has 4 N–H and O–H groups in total. The van der Waals surface area contributed by atoms with Gasteiger partial charge in [0, 0.05) is 25.2 Å². The van der Waals surface area contributed by atoms with E-state index in [2.05, 4.69) is 4.99 Å². The van der Waals surface area contributed by atoms with Crippen molar-refractivity contribution in [2.45, 2.75) is 20.4 Å². The Morgan fingerprint density at radius 3 is 2.38 bits per heavy atom. The van der Waals surface area contributed by atoms with Crippen LogP contribution in [-0.4, -0.2) is 23.4 Å². The van der Waals surface area contributed by atoms with Crippen molar-refractivity contribution in [3.63, 3.8) is 0 Å². The Labute approximate surface area is 149 Å². The number of halogens is 3. The van der Waals surface area contributed by atoms with E-state index < -0.39 is 23.5 Å². The first kappa shape index (κ1) is 19.3. The van der Waals surface area contributed by atoms with Crippen molar-refractivity contribution < 1.29 is 18.0 Å². The molecule has 1 aliphatic heterocycles. The van der Waals surface area contributed by atoms with Crippen LogP contribution >= 0.6 is 0 Å². The minimum Gasteiger partial charge on any atom is -0.370 e. The fraction of sp³-hybridized carbons (Fsp3) is 0.222. The van der Waals surface area contributed by atoms with Gasteiger partial charge in [0.2, 0.25) is 0 Å². The molecule has 0 fully saturated rings. The molecule has 1 aliphatic rings. The smallest absolute Gasteiger partial charge is 0.347 e. The molecule has 0 spiro atoms. The summed E-state index contributed by atoms with van der Waals surface area (Å²) in [5, 5.41) is 0. The fourth-order valence-corrected chi connectivity index (χ4v) is 2.96. The van der Waals surface area contributed by atoms with E-state index in [1.807, 2.05) is 6.07 Å². The zero-order valence-electron chi connectivity index (χ0n) is 13.1. The molecule has 2 aromatic rings. The first-order chi connectivity index (χ1) is 11.9. The van der Waals surface area contributed by atoms with Crippen molar-refractivity contribution in [3.05, 3.63) is 58.9 Å². The topological polar surface area (TPSA) is 84.7 Å². The van der Waals surface area contributed by atoms with E-state index in [-0.39, 0.29) is 31.1 Å². The Hall–Kier alpha value is -3.03. The molecule has 0 aliphatic carbocycles. The van der Waals surface area contributed by atoms with Crippen LogP contribution in [0.15, 0.2) is 35.3 Å². The lowest BCUT2D eigenvalue weighted by molar-refractivity contribution is 0.203. The maximum atomic E-state index is 14.2. The van der Waals surface area contributed by atoms with Gasteiger partial charge in [0.15, 0.2) is 5.96 Å². The highest BCUT2D eigenvalue weighted by molar-refractivity contribution is 5.90. The molecule has 0 radical (unpaired) electrons. The van der Waals surface area contributed by atoms with Crippen LogP contribution < -0.4 is 11.5 Å². The van der Waals surface area contributed by atoms with Crippen LogP contribution in [0.2, 0.25) is 0 Å². The number of hydrogen-bond donors (Lipinski definition) is 2. The molecule has 0 bridgehead atoms. The number of urea groups is 1. The number of nitrogens with two attached hydrogens (primary N) is 2. The average molecular weight is 364 g/mol. The molecule has 3 rings (SSSR count). The molecule has 138 valence electrons. The zero-order chi connectivity index (χ0) is 18.1. The van der Waals surface area contributed by atoms with Gasteiger partial charge in [-0.25, -0.2) is 18.0 Å². The summed E-state index contributed by atoms with van der Waals surface area (Å²) in [5.74, 6) is -3.36. The van der Waals surface area contributed by atoms with Crippen LogP contribution in [-0.2, 0) is 13.0 Å². The Kier molecular flexibility index (Phi) is 5.54. The van der Waals surface area contributed by atoms with Gasteiger partial charge in [-0.15, -0.1) is 0 Å². The van der Waals surface area contributed by atoms with E-state index in [0.29, 0.717) is 30.7 Å². The molecular formula is C18H19F3N4O. The summed E-state index contributed by atoms with van der Waals surface area (Å²) in [6, 6.07) is 5.66. The van der Waals surface area contributed by atoms with Crippen molar-refractivity contribution in [2.75, 3.05) is 6.54 Å². The van der Waals surface area contributed by atoms with E-state index in [4.69, 9.17) is 11.5 Å². The lowest BCUT2D eigenvalue weighted by Crippen LogP contribution is -2.36. The van der Waals surface area contributed by atoms with Crippen molar-refractivity contribution >= 4 is 12.0 Å². The van der Waals surface area contributed by atoms with Gasteiger partial charge in [0.05, 0.1) is 5.56 Å². The van der Waals surface area contributed by atoms with Crippen molar-refractivity contribution in [1.82, 2.24) is 4.90 Å². The number of nitrogens with zero attached hydrogens (tertiary/aromatic N) is 2. The number of rotatable bonds is 1. The van der Waals surface area contributed by atoms with Gasteiger partial charge in [0.1, 0.15) is 17.5 Å². The number of guanidine groups is 1. The highest BCUT2D eigenvalue weighted by atomic mass is 19.1. The fourth-order valence-electron chi connectivity index (χ4n) is 2.96. The predicted octanol–water partition coefficient (Wildman–Crippen LogP) is 3.16. The normalized spacial score (nSPS) is 12.8. The summed E-state index contributed by atoms with van der Waals surface area (Å²) < 4.78 is 41.5. The molecule has 2 aromatic carbocycles. The quantitative estimate of drug-likeness (QED) is 0.602. The summed E-state index contributed by atoms with van der Waals surface area (Å²) in [7, 11) is 0. The Morgan fingerprint density at radius 1 is 1.12 bits per heavy atom. The minimum absolute atomic E-state index is 0. The largest absolute Gasteiger partial charge is 0.370 e. The second-order valence-electron chi connectivity index (χ2n) is 5.68. The monoisotopic (exact) mass is 364 g/mol. The van der Waals surface area contributed by atoms with Gasteiger partial charge in [-0.05, 0) is 23.1 Å². The molecule has 1 heterocycles. The molecule has 5 nitrogen and oxygen atoms in total. The summed E-state index contributed by atoms with van der Waals surface area (Å²) in [5.41, 5.74) is 11.8. The molecule has 8 heteroatoms. The first-order valence-electron chi connectivity index (χ1n) is 7.51. The van der Waals surface area contributed by atoms with E-state index in [0.717, 1.165) is 5.56 Å². The Morgan fingerprint density at radius 2 is 1.77 bits per heavy atom. The third kappa shape index (κ3) is 3.63. The number of carbonyl (C=O) groups is 1. The van der Waals surface area contributed by atoms with Crippen LogP contribution in [0.4, 0.5) is 18.0 Å². The maximum absolute atomic E-state index is 14.2. The van der Waals surface area contributed by atoms with Gasteiger partial charge in [0.25, 0.3) is 0 Å². The van der Waals surface area contributed by atoms with Gasteiger partial charge in [-0.1, -0.05) is 25.6 Å². The molecule has 0 aromatic heterocycles. The van der Waals surface area contributed by atoms with Crippen LogP contribution in [0.5, 0.6) is 0 Å². The van der Waals surface area contributed by atoms with Gasteiger partial charge >= 0.3 is 6.03 Å². The lowest BCUT2D eigenvalue weighted by Gasteiger charge is -2.29. The van der Waals surface area contributed by atoms with Gasteiger partial charge < -0.3 is 16.4 Å². The summed E-state index contributed by atoms with van der Waals surface area (Å²) in [6.07, 6.45) is 0.485. The maximum Gasteiger partial charge on any atom is 0.347 e. The van der Waals surface area contributed by atoms with E-state index in [1.54, 1.807) is 6.07 Å². The molecule has 0 saturated carbocycles. The van der Waals surface area contributed by atoms with Crippen LogP contribution in [0, 0.1) is 17.5 Å². The van der Waals surface area contributed by atoms with Gasteiger partial charge in [-0.3, -0.25) is 0 Å². The predicted molar refractivity (Wildman–Crippen MR) is 93.8 cm³/mol. The van der Waals surface area contributed by atoms with Gasteiger partial charge in [-0.2, -0.15) is 4.99 Å². The number of aliphatic imine (C=N–C) groups is 1. The number of benzene rings is 2. The van der Waals surface area contributed by atoms with Crippen LogP contribution in [0.25, 0.3) is 11.1 Å². The van der Waals surface area contributed by atoms with Crippen LogP contribution in [0.3, 0.4) is 0 Å². The number of hydrogen-bond acceptors (Lipinski definition) is 1. The summed E-state index contributed by atoms with van der Waals surface area (Å²) in [4.78, 5) is 16.9. The molecule has 0 saturated heterocycles. The zero-order valence-corrected chi connectivity index (χ0v) is 13.1. The van der Waals surface area contributed by atoms with Crippen molar-refractivity contribution in [3.8, 4) is 11.1 Å². The average Bonchev–Trinajstić information content (AvgIpc) is 2.53. The lowest BCUT2D eigenvalue weighted by atomic mass is 9.90. The van der Waals surface area contributed by atoms with Crippen LogP contribution in [0.1, 0.15) is 18.6 Å². The van der Waals surface area contributed by atoms with Crippen molar-refractivity contribution in [1.29, 1.82) is 0 Å². The number of fused-ring (bicyclic) bond motifs is 1. The molecule has 0 unspecified atom stereocenters. The third-order valence-electron chi connectivity index (χ3n) is 4.04. The number of carbonyl (C=O) groups excluding carboxylic acids is 1. The second kappa shape index (κ2) is 7.47. The molecule has 0 atom stereocenters. The summed E-state index contributed by atoms with van der Waals surface area (Å²) >= 11 is 0. The molecular weight excluding hydrogens is 345 g/mol. The Balaban J connectivity index is 0.00000243. The molecule has 26 heavy (non-hydrogen) atoms. The minimum atomic E-state index is -1.00. The Bertz CT molecular complexity index is 856. The third-order valence-corrected chi connectivity index (χ3v) is 4.04. The standard InChI is InChI=1S/C17H15F3N4O.CH4/c18-10-6-13(19)15(14(20)7-10)11-3-1-2-9-4-5-24(8-12(9)11)17(25)23-16(21)22;/h1-3,6-7H,4-5,8H2,(H4,21,22,23,25);1H4.